The van der Waals surface area contributed by atoms with Gasteiger partial charge in [-0.1, -0.05) is 6.92 Å². The summed E-state index contributed by atoms with van der Waals surface area (Å²) in [5.74, 6) is 1.30. The Morgan fingerprint density at radius 1 is 1.24 bits per heavy atom. The molecule has 0 spiro atoms. The highest BCUT2D eigenvalue weighted by Gasteiger charge is 2.26. The van der Waals surface area contributed by atoms with Gasteiger partial charge in [-0.25, -0.2) is 9.50 Å². The van der Waals surface area contributed by atoms with Gasteiger partial charge in [-0.2, -0.15) is 4.98 Å². The fourth-order valence-corrected chi connectivity index (χ4v) is 3.09. The first-order chi connectivity index (χ1) is 11.1. The third-order valence-corrected chi connectivity index (χ3v) is 4.39. The van der Waals surface area contributed by atoms with Gasteiger partial charge < -0.3 is 10.2 Å². The number of piperidine rings is 1. The molecule has 0 aliphatic carbocycles. The van der Waals surface area contributed by atoms with Crippen molar-refractivity contribution in [1.29, 1.82) is 0 Å². The van der Waals surface area contributed by atoms with Gasteiger partial charge in [0.1, 0.15) is 0 Å². The molecule has 0 unspecified atom stereocenters. The first-order valence-corrected chi connectivity index (χ1v) is 8.29. The van der Waals surface area contributed by atoms with Crippen molar-refractivity contribution in [3.63, 3.8) is 0 Å². The van der Waals surface area contributed by atoms with Gasteiger partial charge in [-0.05, 0) is 51.8 Å². The average Bonchev–Trinajstić information content (AvgIpc) is 2.97. The Morgan fingerprint density at radius 3 is 2.56 bits per heavy atom. The molecule has 2 aromatic rings. The zero-order valence-corrected chi connectivity index (χ0v) is 16.5. The molecule has 1 N–H and O–H groups in total. The molecule has 0 aromatic carbocycles. The maximum absolute atomic E-state index is 12.6. The summed E-state index contributed by atoms with van der Waals surface area (Å²) in [4.78, 5) is 23.1. The summed E-state index contributed by atoms with van der Waals surface area (Å²) in [6, 6.07) is 1.93. The minimum atomic E-state index is -0.0885. The SMILES string of the molecule is CCNCC1CCN(C(=O)c2nc3nc(C)cc(C)n3n2)CC1.Cl.Cl. The minimum Gasteiger partial charge on any atom is -0.336 e. The Labute approximate surface area is 160 Å². The van der Waals surface area contributed by atoms with Gasteiger partial charge in [0.05, 0.1) is 0 Å². The van der Waals surface area contributed by atoms with E-state index >= 15 is 0 Å². The molecule has 25 heavy (non-hydrogen) atoms. The number of likely N-dealkylation sites (tertiary alicyclic amines) is 1. The summed E-state index contributed by atoms with van der Waals surface area (Å²) in [5, 5.41) is 7.72. The number of nitrogens with one attached hydrogen (secondary N) is 1. The number of amides is 1. The van der Waals surface area contributed by atoms with Crippen molar-refractivity contribution in [3.05, 3.63) is 23.3 Å². The fourth-order valence-electron chi connectivity index (χ4n) is 3.09. The molecule has 7 nitrogen and oxygen atoms in total. The van der Waals surface area contributed by atoms with Gasteiger partial charge in [-0.15, -0.1) is 29.9 Å². The van der Waals surface area contributed by atoms with Crippen molar-refractivity contribution in [3.8, 4) is 0 Å². The third kappa shape index (κ3) is 4.80. The van der Waals surface area contributed by atoms with Crippen LogP contribution in [0.5, 0.6) is 0 Å². The maximum atomic E-state index is 12.6. The van der Waals surface area contributed by atoms with Crippen LogP contribution in [0.2, 0.25) is 0 Å². The molecule has 1 saturated heterocycles. The van der Waals surface area contributed by atoms with Crippen LogP contribution in [0.1, 0.15) is 41.8 Å². The molecule has 1 aliphatic rings. The van der Waals surface area contributed by atoms with Crippen LogP contribution in [0.15, 0.2) is 6.07 Å². The molecule has 0 radical (unpaired) electrons. The molecule has 3 rings (SSSR count). The van der Waals surface area contributed by atoms with Crippen LogP contribution in [-0.2, 0) is 0 Å². The van der Waals surface area contributed by atoms with Crippen LogP contribution in [0.3, 0.4) is 0 Å². The fraction of sp³-hybridized carbons (Fsp3) is 0.625. The number of aromatic nitrogens is 4. The maximum Gasteiger partial charge on any atom is 0.293 e. The van der Waals surface area contributed by atoms with Crippen LogP contribution in [0, 0.1) is 19.8 Å². The summed E-state index contributed by atoms with van der Waals surface area (Å²) in [7, 11) is 0. The standard InChI is InChI=1S/C16H24N6O.2ClH/c1-4-17-10-13-5-7-21(8-6-13)15(23)14-19-16-18-11(2)9-12(3)22(16)20-14;;/h9,13,17H,4-8,10H2,1-3H3;2*1H. The Bertz CT molecular complexity index is 712. The normalized spacial score (nSPS) is 14.9. The Kier molecular flexibility index (Phi) is 8.05. The summed E-state index contributed by atoms with van der Waals surface area (Å²) >= 11 is 0. The van der Waals surface area contributed by atoms with E-state index in [1.165, 1.54) is 0 Å². The van der Waals surface area contributed by atoms with E-state index in [1.54, 1.807) is 4.52 Å². The number of nitrogens with zero attached hydrogens (tertiary/aromatic N) is 5. The van der Waals surface area contributed by atoms with E-state index in [2.05, 4.69) is 27.3 Å². The summed E-state index contributed by atoms with van der Waals surface area (Å²) in [6.45, 7) is 9.55. The number of hydrogen-bond donors (Lipinski definition) is 1. The molecular formula is C16H26Cl2N6O. The molecular weight excluding hydrogens is 363 g/mol. The predicted molar refractivity (Wildman–Crippen MR) is 102 cm³/mol. The van der Waals surface area contributed by atoms with Crippen LogP contribution in [0.25, 0.3) is 5.78 Å². The molecule has 9 heteroatoms. The molecule has 1 fully saturated rings. The number of aryl methyl sites for hydroxylation is 2. The molecule has 0 atom stereocenters. The molecule has 0 bridgehead atoms. The molecule has 1 aliphatic heterocycles. The number of halogens is 2. The van der Waals surface area contributed by atoms with Crippen LogP contribution < -0.4 is 5.32 Å². The second-order valence-corrected chi connectivity index (χ2v) is 6.23. The van der Waals surface area contributed by atoms with Crippen molar-refractivity contribution in [1.82, 2.24) is 29.8 Å². The second kappa shape index (κ2) is 9.31. The smallest absolute Gasteiger partial charge is 0.293 e. The lowest BCUT2D eigenvalue weighted by Crippen LogP contribution is -2.41. The van der Waals surface area contributed by atoms with Crippen molar-refractivity contribution in [2.45, 2.75) is 33.6 Å². The van der Waals surface area contributed by atoms with Crippen molar-refractivity contribution >= 4 is 36.5 Å². The lowest BCUT2D eigenvalue weighted by atomic mass is 9.97. The lowest BCUT2D eigenvalue weighted by Gasteiger charge is -2.31. The number of hydrogen-bond acceptors (Lipinski definition) is 5. The first-order valence-electron chi connectivity index (χ1n) is 8.29. The van der Waals surface area contributed by atoms with E-state index in [0.717, 1.165) is 50.4 Å². The van der Waals surface area contributed by atoms with Crippen molar-refractivity contribution < 1.29 is 4.79 Å². The van der Waals surface area contributed by atoms with Gasteiger partial charge in [0.25, 0.3) is 11.7 Å². The molecule has 3 heterocycles. The minimum absolute atomic E-state index is 0. The predicted octanol–water partition coefficient (Wildman–Crippen LogP) is 2.05. The topological polar surface area (TPSA) is 75.4 Å². The average molecular weight is 389 g/mol. The van der Waals surface area contributed by atoms with Gasteiger partial charge in [0.15, 0.2) is 0 Å². The molecule has 140 valence electrons. The Hall–Kier alpha value is -1.44. The molecule has 1 amide bonds. The quantitative estimate of drug-likeness (QED) is 0.866. The zero-order chi connectivity index (χ0) is 16.4. The second-order valence-electron chi connectivity index (χ2n) is 6.23. The summed E-state index contributed by atoms with van der Waals surface area (Å²) in [5.41, 5.74) is 1.81. The highest BCUT2D eigenvalue weighted by Crippen LogP contribution is 2.18. The van der Waals surface area contributed by atoms with E-state index in [9.17, 15) is 4.79 Å². The largest absolute Gasteiger partial charge is 0.336 e. The van der Waals surface area contributed by atoms with Crippen molar-refractivity contribution in [2.24, 2.45) is 5.92 Å². The lowest BCUT2D eigenvalue weighted by molar-refractivity contribution is 0.0678. The van der Waals surface area contributed by atoms with Gasteiger partial charge in [-0.3, -0.25) is 4.79 Å². The highest BCUT2D eigenvalue weighted by atomic mass is 35.5. The number of rotatable bonds is 4. The van der Waals surface area contributed by atoms with E-state index in [1.807, 2.05) is 24.8 Å². The van der Waals surface area contributed by atoms with Crippen LogP contribution in [-0.4, -0.2) is 56.6 Å². The third-order valence-electron chi connectivity index (χ3n) is 4.39. The number of carbonyl (C=O) groups excluding carboxylic acids is 1. The number of carbonyl (C=O) groups is 1. The van der Waals surface area contributed by atoms with E-state index < -0.39 is 0 Å². The van der Waals surface area contributed by atoms with Gasteiger partial charge in [0.2, 0.25) is 5.82 Å². The molecule has 2 aromatic heterocycles. The van der Waals surface area contributed by atoms with Gasteiger partial charge in [0, 0.05) is 24.5 Å². The Morgan fingerprint density at radius 2 is 1.92 bits per heavy atom. The van der Waals surface area contributed by atoms with Crippen LogP contribution in [0.4, 0.5) is 0 Å². The zero-order valence-electron chi connectivity index (χ0n) is 14.9. The molecule has 0 saturated carbocycles. The van der Waals surface area contributed by atoms with E-state index in [4.69, 9.17) is 0 Å². The van der Waals surface area contributed by atoms with E-state index in [0.29, 0.717) is 11.7 Å². The Balaban J connectivity index is 0.00000156. The van der Waals surface area contributed by atoms with Gasteiger partial charge >= 0.3 is 0 Å². The van der Waals surface area contributed by atoms with E-state index in [-0.39, 0.29) is 36.5 Å². The highest BCUT2D eigenvalue weighted by molar-refractivity contribution is 5.91. The monoisotopic (exact) mass is 388 g/mol. The number of fused-ring (bicyclic) bond motifs is 1. The summed E-state index contributed by atoms with van der Waals surface area (Å²) < 4.78 is 1.64. The van der Waals surface area contributed by atoms with Crippen LogP contribution >= 0.6 is 24.8 Å². The van der Waals surface area contributed by atoms with Crippen molar-refractivity contribution in [2.75, 3.05) is 26.2 Å². The first kappa shape index (κ1) is 21.6. The summed E-state index contributed by atoms with van der Waals surface area (Å²) in [6.07, 6.45) is 2.06.